The lowest BCUT2D eigenvalue weighted by Crippen LogP contribution is -2.11. The highest BCUT2D eigenvalue weighted by atomic mass is 19.1. The summed E-state index contributed by atoms with van der Waals surface area (Å²) in [5, 5.41) is 9.49. The smallest absolute Gasteiger partial charge is 0.203 e. The Kier molecular flexibility index (Phi) is 3.57. The van der Waals surface area contributed by atoms with E-state index in [1.807, 2.05) is 0 Å². The number of benzene rings is 2. The first-order valence-electron chi connectivity index (χ1n) is 5.36. The molecule has 0 amide bonds. The van der Waals surface area contributed by atoms with Crippen molar-refractivity contribution in [3.63, 3.8) is 0 Å². The van der Waals surface area contributed by atoms with Crippen LogP contribution in [0.25, 0.3) is 0 Å². The molecule has 4 heteroatoms. The normalized spacial score (nSPS) is 10.1. The van der Waals surface area contributed by atoms with Crippen LogP contribution in [-0.2, 0) is 0 Å². The minimum absolute atomic E-state index is 0.0923. The second-order valence-electron chi connectivity index (χ2n) is 3.69. The SMILES string of the molecule is O=C(COc1cccc(F)c1)c1ccccc1O. The fourth-order valence-corrected chi connectivity index (χ4v) is 1.49. The molecule has 2 aromatic rings. The number of para-hydroxylation sites is 1. The van der Waals surface area contributed by atoms with Crippen molar-refractivity contribution < 1.29 is 19.0 Å². The molecule has 0 radical (unpaired) electrons. The minimum atomic E-state index is -0.428. The molecule has 92 valence electrons. The molecule has 0 fully saturated rings. The highest BCUT2D eigenvalue weighted by molar-refractivity contribution is 5.99. The van der Waals surface area contributed by atoms with E-state index < -0.39 is 5.82 Å². The predicted octanol–water partition coefficient (Wildman–Crippen LogP) is 2.79. The molecule has 3 nitrogen and oxygen atoms in total. The zero-order chi connectivity index (χ0) is 13.0. The molecule has 0 spiro atoms. The summed E-state index contributed by atoms with van der Waals surface area (Å²) in [6.45, 7) is -0.249. The number of phenols is 1. The van der Waals surface area contributed by atoms with Crippen molar-refractivity contribution in [1.82, 2.24) is 0 Å². The lowest BCUT2D eigenvalue weighted by molar-refractivity contribution is 0.0918. The summed E-state index contributed by atoms with van der Waals surface area (Å²) in [6.07, 6.45) is 0. The van der Waals surface area contributed by atoms with E-state index in [1.54, 1.807) is 18.2 Å². The van der Waals surface area contributed by atoms with E-state index in [1.165, 1.54) is 30.3 Å². The summed E-state index contributed by atoms with van der Waals surface area (Å²) in [4.78, 5) is 11.7. The van der Waals surface area contributed by atoms with Gasteiger partial charge in [-0.25, -0.2) is 4.39 Å². The van der Waals surface area contributed by atoms with Crippen molar-refractivity contribution in [2.24, 2.45) is 0 Å². The van der Waals surface area contributed by atoms with Crippen molar-refractivity contribution in [2.45, 2.75) is 0 Å². The van der Waals surface area contributed by atoms with Crippen LogP contribution in [0.4, 0.5) is 4.39 Å². The first kappa shape index (κ1) is 12.1. The van der Waals surface area contributed by atoms with Crippen LogP contribution in [0.3, 0.4) is 0 Å². The molecule has 0 saturated heterocycles. The number of ether oxygens (including phenoxy) is 1. The number of halogens is 1. The van der Waals surface area contributed by atoms with Gasteiger partial charge in [-0.3, -0.25) is 4.79 Å². The number of hydrogen-bond acceptors (Lipinski definition) is 3. The van der Waals surface area contributed by atoms with Crippen LogP contribution in [0, 0.1) is 5.82 Å². The number of Topliss-reactive ketones (excluding diaryl/α,β-unsaturated/α-hetero) is 1. The number of aromatic hydroxyl groups is 1. The topological polar surface area (TPSA) is 46.5 Å². The third-order valence-corrected chi connectivity index (χ3v) is 2.37. The van der Waals surface area contributed by atoms with Gasteiger partial charge in [0.05, 0.1) is 5.56 Å². The van der Waals surface area contributed by atoms with Gasteiger partial charge in [-0.2, -0.15) is 0 Å². The van der Waals surface area contributed by atoms with Crippen LogP contribution < -0.4 is 4.74 Å². The summed E-state index contributed by atoms with van der Waals surface area (Å²) in [6, 6.07) is 11.7. The minimum Gasteiger partial charge on any atom is -0.507 e. The first-order chi connectivity index (χ1) is 8.66. The number of ketones is 1. The van der Waals surface area contributed by atoms with E-state index in [0.717, 1.165) is 0 Å². The fourth-order valence-electron chi connectivity index (χ4n) is 1.49. The molecular formula is C14H11FO3. The molecule has 0 unspecified atom stereocenters. The Hall–Kier alpha value is -2.36. The maximum Gasteiger partial charge on any atom is 0.203 e. The number of carbonyl (C=O) groups is 1. The van der Waals surface area contributed by atoms with Gasteiger partial charge in [-0.15, -0.1) is 0 Å². The van der Waals surface area contributed by atoms with Crippen molar-refractivity contribution in [1.29, 1.82) is 0 Å². The molecule has 0 atom stereocenters. The van der Waals surface area contributed by atoms with Gasteiger partial charge in [0.1, 0.15) is 17.3 Å². The van der Waals surface area contributed by atoms with Gasteiger partial charge in [0, 0.05) is 6.07 Å². The van der Waals surface area contributed by atoms with E-state index in [-0.39, 0.29) is 29.5 Å². The Labute approximate surface area is 103 Å². The molecule has 2 rings (SSSR count). The van der Waals surface area contributed by atoms with Gasteiger partial charge < -0.3 is 9.84 Å². The van der Waals surface area contributed by atoms with Crippen molar-refractivity contribution >= 4 is 5.78 Å². The van der Waals surface area contributed by atoms with E-state index in [9.17, 15) is 14.3 Å². The standard InChI is InChI=1S/C14H11FO3/c15-10-4-3-5-11(8-10)18-9-14(17)12-6-1-2-7-13(12)16/h1-8,16H,9H2. The largest absolute Gasteiger partial charge is 0.507 e. The van der Waals surface area contributed by atoms with Crippen LogP contribution in [0.1, 0.15) is 10.4 Å². The molecular weight excluding hydrogens is 235 g/mol. The third kappa shape index (κ3) is 2.85. The van der Waals surface area contributed by atoms with Crippen LogP contribution in [0.5, 0.6) is 11.5 Å². The third-order valence-electron chi connectivity index (χ3n) is 2.37. The van der Waals surface area contributed by atoms with E-state index in [0.29, 0.717) is 0 Å². The highest BCUT2D eigenvalue weighted by Crippen LogP contribution is 2.17. The van der Waals surface area contributed by atoms with E-state index in [2.05, 4.69) is 0 Å². The number of rotatable bonds is 4. The highest BCUT2D eigenvalue weighted by Gasteiger charge is 2.11. The van der Waals surface area contributed by atoms with Crippen molar-refractivity contribution in [2.75, 3.05) is 6.61 Å². The van der Waals surface area contributed by atoms with Gasteiger partial charge in [0.15, 0.2) is 6.61 Å². The Bertz CT molecular complexity index is 566. The second kappa shape index (κ2) is 5.31. The van der Waals surface area contributed by atoms with Crippen molar-refractivity contribution in [3.8, 4) is 11.5 Å². The predicted molar refractivity (Wildman–Crippen MR) is 64.3 cm³/mol. The zero-order valence-electron chi connectivity index (χ0n) is 9.47. The van der Waals surface area contributed by atoms with Gasteiger partial charge in [0.2, 0.25) is 5.78 Å². The number of phenolic OH excluding ortho intramolecular Hbond substituents is 1. The summed E-state index contributed by atoms with van der Waals surface area (Å²) < 4.78 is 18.0. The zero-order valence-corrected chi connectivity index (χ0v) is 9.47. The first-order valence-corrected chi connectivity index (χ1v) is 5.36. The van der Waals surface area contributed by atoms with E-state index in [4.69, 9.17) is 4.74 Å². The van der Waals surface area contributed by atoms with Crippen LogP contribution in [0.15, 0.2) is 48.5 Å². The molecule has 0 aliphatic rings. The summed E-state index contributed by atoms with van der Waals surface area (Å²) in [7, 11) is 0. The monoisotopic (exact) mass is 246 g/mol. The number of carbonyl (C=O) groups excluding carboxylic acids is 1. The molecule has 18 heavy (non-hydrogen) atoms. The Morgan fingerprint density at radius 3 is 2.67 bits per heavy atom. The molecule has 0 heterocycles. The lowest BCUT2D eigenvalue weighted by Gasteiger charge is -2.06. The fraction of sp³-hybridized carbons (Fsp3) is 0.0714. The molecule has 2 aromatic carbocycles. The molecule has 0 aliphatic heterocycles. The van der Waals surface area contributed by atoms with Gasteiger partial charge in [-0.05, 0) is 24.3 Å². The molecule has 1 N–H and O–H groups in total. The van der Waals surface area contributed by atoms with Crippen LogP contribution >= 0.6 is 0 Å². The Morgan fingerprint density at radius 1 is 1.17 bits per heavy atom. The van der Waals surface area contributed by atoms with Gasteiger partial charge in [0.25, 0.3) is 0 Å². The van der Waals surface area contributed by atoms with Crippen molar-refractivity contribution in [3.05, 3.63) is 59.9 Å². The van der Waals surface area contributed by atoms with Crippen LogP contribution in [0.2, 0.25) is 0 Å². The summed E-state index contributed by atoms with van der Waals surface area (Å²) in [5.74, 6) is -0.607. The van der Waals surface area contributed by atoms with Crippen LogP contribution in [-0.4, -0.2) is 17.5 Å². The van der Waals surface area contributed by atoms with Gasteiger partial charge >= 0.3 is 0 Å². The second-order valence-corrected chi connectivity index (χ2v) is 3.69. The average molecular weight is 246 g/mol. The maximum absolute atomic E-state index is 12.9. The summed E-state index contributed by atoms with van der Waals surface area (Å²) in [5.41, 5.74) is 0.189. The lowest BCUT2D eigenvalue weighted by atomic mass is 10.1. The van der Waals surface area contributed by atoms with E-state index >= 15 is 0 Å². The van der Waals surface area contributed by atoms with Gasteiger partial charge in [-0.1, -0.05) is 18.2 Å². The quantitative estimate of drug-likeness (QED) is 0.844. The summed E-state index contributed by atoms with van der Waals surface area (Å²) >= 11 is 0. The number of hydrogen-bond donors (Lipinski definition) is 1. The molecule has 0 saturated carbocycles. The maximum atomic E-state index is 12.9. The Morgan fingerprint density at radius 2 is 1.94 bits per heavy atom. The molecule has 0 aliphatic carbocycles. The average Bonchev–Trinajstić information content (AvgIpc) is 2.37. The molecule has 0 bridgehead atoms. The Balaban J connectivity index is 2.03. The molecule has 0 aromatic heterocycles.